The molecule has 0 spiro atoms. The molecule has 2 rings (SSSR count). The van der Waals surface area contributed by atoms with Crippen LogP contribution in [0.5, 0.6) is 0 Å². The molecule has 0 aromatic heterocycles. The van der Waals surface area contributed by atoms with Gasteiger partial charge in [0.1, 0.15) is 0 Å². The molecule has 1 fully saturated rings. The first-order chi connectivity index (χ1) is 7.75. The summed E-state index contributed by atoms with van der Waals surface area (Å²) >= 11 is 0. The number of rotatable bonds is 2. The van der Waals surface area contributed by atoms with Crippen molar-refractivity contribution in [2.24, 2.45) is 0 Å². The van der Waals surface area contributed by atoms with Gasteiger partial charge in [0, 0.05) is 25.7 Å². The third-order valence-corrected chi connectivity index (χ3v) is 2.92. The fourth-order valence-corrected chi connectivity index (χ4v) is 2.04. The van der Waals surface area contributed by atoms with Crippen LogP contribution in [0, 0.1) is 0 Å². The van der Waals surface area contributed by atoms with E-state index >= 15 is 0 Å². The SMILES string of the molecule is C[C@@H]1CN(C(=O)Cc2ccccc2)CCN1. The molecule has 0 aliphatic carbocycles. The van der Waals surface area contributed by atoms with E-state index in [1.165, 1.54) is 0 Å². The molecule has 3 nitrogen and oxygen atoms in total. The molecule has 86 valence electrons. The Kier molecular flexibility index (Phi) is 3.57. The average Bonchev–Trinajstić information content (AvgIpc) is 2.30. The number of piperazine rings is 1. The molecule has 1 aliphatic heterocycles. The summed E-state index contributed by atoms with van der Waals surface area (Å²) < 4.78 is 0. The summed E-state index contributed by atoms with van der Waals surface area (Å²) in [5, 5.41) is 3.34. The molecular formula is C13H18N2O. The van der Waals surface area contributed by atoms with Crippen LogP contribution >= 0.6 is 0 Å². The number of nitrogens with zero attached hydrogens (tertiary/aromatic N) is 1. The van der Waals surface area contributed by atoms with Gasteiger partial charge in [0.05, 0.1) is 6.42 Å². The fourth-order valence-electron chi connectivity index (χ4n) is 2.04. The lowest BCUT2D eigenvalue weighted by Crippen LogP contribution is -2.51. The van der Waals surface area contributed by atoms with E-state index in [1.54, 1.807) is 0 Å². The maximum atomic E-state index is 12.0. The van der Waals surface area contributed by atoms with Gasteiger partial charge in [-0.1, -0.05) is 30.3 Å². The number of amides is 1. The van der Waals surface area contributed by atoms with Crippen molar-refractivity contribution in [3.05, 3.63) is 35.9 Å². The van der Waals surface area contributed by atoms with Gasteiger partial charge in [-0.25, -0.2) is 0 Å². The lowest BCUT2D eigenvalue weighted by atomic mass is 10.1. The van der Waals surface area contributed by atoms with Crippen molar-refractivity contribution < 1.29 is 4.79 Å². The Morgan fingerprint density at radius 2 is 2.19 bits per heavy atom. The molecule has 0 radical (unpaired) electrons. The maximum absolute atomic E-state index is 12.0. The van der Waals surface area contributed by atoms with Crippen molar-refractivity contribution in [1.82, 2.24) is 10.2 Å². The Balaban J connectivity index is 1.93. The second kappa shape index (κ2) is 5.12. The Hall–Kier alpha value is -1.35. The second-order valence-corrected chi connectivity index (χ2v) is 4.36. The number of hydrogen-bond acceptors (Lipinski definition) is 2. The molecule has 16 heavy (non-hydrogen) atoms. The summed E-state index contributed by atoms with van der Waals surface area (Å²) in [6, 6.07) is 10.3. The van der Waals surface area contributed by atoms with Crippen LogP contribution in [-0.2, 0) is 11.2 Å². The van der Waals surface area contributed by atoms with Gasteiger partial charge in [0.15, 0.2) is 0 Å². The highest BCUT2D eigenvalue weighted by Gasteiger charge is 2.20. The highest BCUT2D eigenvalue weighted by molar-refractivity contribution is 5.78. The predicted octanol–water partition coefficient (Wildman–Crippen LogP) is 1.05. The van der Waals surface area contributed by atoms with Gasteiger partial charge in [-0.3, -0.25) is 4.79 Å². The predicted molar refractivity (Wildman–Crippen MR) is 64.2 cm³/mol. The molecule has 1 heterocycles. The highest BCUT2D eigenvalue weighted by atomic mass is 16.2. The zero-order chi connectivity index (χ0) is 11.4. The largest absolute Gasteiger partial charge is 0.340 e. The van der Waals surface area contributed by atoms with Crippen molar-refractivity contribution in [3.8, 4) is 0 Å². The van der Waals surface area contributed by atoms with Crippen molar-refractivity contribution in [3.63, 3.8) is 0 Å². The number of carbonyl (C=O) groups is 1. The normalized spacial score (nSPS) is 20.8. The summed E-state index contributed by atoms with van der Waals surface area (Å²) in [4.78, 5) is 14.0. The summed E-state index contributed by atoms with van der Waals surface area (Å²) in [7, 11) is 0. The summed E-state index contributed by atoms with van der Waals surface area (Å²) in [5.74, 6) is 0.236. The Morgan fingerprint density at radius 3 is 2.88 bits per heavy atom. The van der Waals surface area contributed by atoms with E-state index in [2.05, 4.69) is 12.2 Å². The van der Waals surface area contributed by atoms with Crippen LogP contribution in [-0.4, -0.2) is 36.5 Å². The molecule has 1 atom stereocenters. The monoisotopic (exact) mass is 218 g/mol. The molecule has 1 amide bonds. The number of benzene rings is 1. The van der Waals surface area contributed by atoms with E-state index in [4.69, 9.17) is 0 Å². The number of nitrogens with one attached hydrogen (secondary N) is 1. The van der Waals surface area contributed by atoms with Crippen LogP contribution < -0.4 is 5.32 Å². The second-order valence-electron chi connectivity index (χ2n) is 4.36. The minimum absolute atomic E-state index is 0.236. The Labute approximate surface area is 96.5 Å². The summed E-state index contributed by atoms with van der Waals surface area (Å²) in [6.45, 7) is 4.67. The van der Waals surface area contributed by atoms with Crippen molar-refractivity contribution >= 4 is 5.91 Å². The third kappa shape index (κ3) is 2.83. The first-order valence-electron chi connectivity index (χ1n) is 5.81. The number of carbonyl (C=O) groups excluding carboxylic acids is 1. The lowest BCUT2D eigenvalue weighted by Gasteiger charge is -2.32. The minimum atomic E-state index is 0.236. The third-order valence-electron chi connectivity index (χ3n) is 2.92. The topological polar surface area (TPSA) is 32.3 Å². The van der Waals surface area contributed by atoms with Crippen LogP contribution in [0.25, 0.3) is 0 Å². The molecule has 0 unspecified atom stereocenters. The summed E-state index contributed by atoms with van der Waals surface area (Å²) in [6.07, 6.45) is 0.521. The van der Waals surface area contributed by atoms with Crippen LogP contribution in [0.3, 0.4) is 0 Å². The Morgan fingerprint density at radius 1 is 1.44 bits per heavy atom. The van der Waals surface area contributed by atoms with Crippen LogP contribution in [0.15, 0.2) is 30.3 Å². The van der Waals surface area contributed by atoms with E-state index in [1.807, 2.05) is 35.2 Å². The molecule has 1 aromatic carbocycles. The number of hydrogen-bond donors (Lipinski definition) is 1. The van der Waals surface area contributed by atoms with Crippen LogP contribution in [0.1, 0.15) is 12.5 Å². The van der Waals surface area contributed by atoms with Gasteiger partial charge in [0.25, 0.3) is 0 Å². The van der Waals surface area contributed by atoms with Crippen molar-refractivity contribution in [1.29, 1.82) is 0 Å². The maximum Gasteiger partial charge on any atom is 0.227 e. The van der Waals surface area contributed by atoms with E-state index in [0.717, 1.165) is 25.2 Å². The van der Waals surface area contributed by atoms with E-state index in [0.29, 0.717) is 12.5 Å². The molecule has 3 heteroatoms. The summed E-state index contributed by atoms with van der Waals surface area (Å²) in [5.41, 5.74) is 1.10. The highest BCUT2D eigenvalue weighted by Crippen LogP contribution is 2.05. The standard InChI is InChI=1S/C13H18N2O/c1-11-10-15(8-7-14-11)13(16)9-12-5-3-2-4-6-12/h2-6,11,14H,7-10H2,1H3/t11-/m1/s1. The van der Waals surface area contributed by atoms with Gasteiger partial charge in [-0.05, 0) is 12.5 Å². The average molecular weight is 218 g/mol. The van der Waals surface area contributed by atoms with Gasteiger partial charge in [-0.2, -0.15) is 0 Å². The smallest absolute Gasteiger partial charge is 0.227 e. The zero-order valence-corrected chi connectivity index (χ0v) is 9.65. The van der Waals surface area contributed by atoms with Gasteiger partial charge >= 0.3 is 0 Å². The molecule has 0 bridgehead atoms. The molecule has 1 aromatic rings. The van der Waals surface area contributed by atoms with E-state index < -0.39 is 0 Å². The first-order valence-corrected chi connectivity index (χ1v) is 5.81. The minimum Gasteiger partial charge on any atom is -0.340 e. The van der Waals surface area contributed by atoms with Gasteiger partial charge in [0.2, 0.25) is 5.91 Å². The van der Waals surface area contributed by atoms with Gasteiger partial charge < -0.3 is 10.2 Å². The fraction of sp³-hybridized carbons (Fsp3) is 0.462. The molecule has 1 aliphatic rings. The van der Waals surface area contributed by atoms with Crippen molar-refractivity contribution in [2.75, 3.05) is 19.6 Å². The molecule has 1 saturated heterocycles. The van der Waals surface area contributed by atoms with Crippen molar-refractivity contribution in [2.45, 2.75) is 19.4 Å². The first kappa shape index (κ1) is 11.1. The molecule has 1 N–H and O–H groups in total. The van der Waals surface area contributed by atoms with Crippen LogP contribution in [0.4, 0.5) is 0 Å². The van der Waals surface area contributed by atoms with Gasteiger partial charge in [-0.15, -0.1) is 0 Å². The quantitative estimate of drug-likeness (QED) is 0.804. The van der Waals surface area contributed by atoms with E-state index in [-0.39, 0.29) is 5.91 Å². The Bertz CT molecular complexity index is 350. The van der Waals surface area contributed by atoms with E-state index in [9.17, 15) is 4.79 Å². The molecule has 0 saturated carbocycles. The van der Waals surface area contributed by atoms with Crippen LogP contribution in [0.2, 0.25) is 0 Å². The zero-order valence-electron chi connectivity index (χ0n) is 9.65. The lowest BCUT2D eigenvalue weighted by molar-refractivity contribution is -0.131. The molecular weight excluding hydrogens is 200 g/mol.